The van der Waals surface area contributed by atoms with Gasteiger partial charge in [0, 0.05) is 6.08 Å². The first-order valence-corrected chi connectivity index (χ1v) is 12.4. The fraction of sp³-hybridized carbons (Fsp3) is 0.483. The first-order valence-electron chi connectivity index (χ1n) is 12.4. The fourth-order valence-electron chi connectivity index (χ4n) is 4.64. The summed E-state index contributed by atoms with van der Waals surface area (Å²) in [6, 6.07) is 16.2. The molecular weight excluding hydrogens is 396 g/mol. The van der Waals surface area contributed by atoms with E-state index < -0.39 is 5.97 Å². The molecule has 1 aliphatic carbocycles. The highest BCUT2D eigenvalue weighted by Gasteiger charge is 2.21. The lowest BCUT2D eigenvalue weighted by Crippen LogP contribution is -2.20. The second-order valence-corrected chi connectivity index (χ2v) is 9.22. The third-order valence-corrected chi connectivity index (χ3v) is 6.68. The SMILES string of the molecule is CCCCCCCC1CCC(COc2ccc(-c3ccc(C=CC(=O)O)cc3)cc2)CC1. The molecule has 0 atom stereocenters. The third kappa shape index (κ3) is 8.18. The van der Waals surface area contributed by atoms with Crippen molar-refractivity contribution >= 4 is 12.0 Å². The number of rotatable bonds is 12. The maximum atomic E-state index is 10.6. The average Bonchev–Trinajstić information content (AvgIpc) is 2.83. The van der Waals surface area contributed by atoms with Crippen molar-refractivity contribution in [1.82, 2.24) is 0 Å². The Kier molecular flexibility index (Phi) is 9.87. The Hall–Kier alpha value is -2.55. The van der Waals surface area contributed by atoms with E-state index in [0.717, 1.165) is 41.0 Å². The summed E-state index contributed by atoms with van der Waals surface area (Å²) in [6.45, 7) is 3.11. The molecule has 0 heterocycles. The zero-order valence-electron chi connectivity index (χ0n) is 19.5. The number of hydrogen-bond acceptors (Lipinski definition) is 2. The van der Waals surface area contributed by atoms with Crippen LogP contribution in [0.25, 0.3) is 17.2 Å². The Morgan fingerprint density at radius 3 is 2.09 bits per heavy atom. The zero-order chi connectivity index (χ0) is 22.6. The molecule has 3 nitrogen and oxygen atoms in total. The lowest BCUT2D eigenvalue weighted by molar-refractivity contribution is -0.131. The highest BCUT2D eigenvalue weighted by molar-refractivity contribution is 5.85. The Morgan fingerprint density at radius 1 is 0.875 bits per heavy atom. The molecule has 3 rings (SSSR count). The van der Waals surface area contributed by atoms with Crippen molar-refractivity contribution in [2.24, 2.45) is 11.8 Å². The molecule has 2 aromatic rings. The van der Waals surface area contributed by atoms with Gasteiger partial charge < -0.3 is 9.84 Å². The minimum atomic E-state index is -0.935. The monoisotopic (exact) mass is 434 g/mol. The molecule has 0 radical (unpaired) electrons. The van der Waals surface area contributed by atoms with Crippen LogP contribution in [0, 0.1) is 11.8 Å². The predicted molar refractivity (Wildman–Crippen MR) is 133 cm³/mol. The van der Waals surface area contributed by atoms with Gasteiger partial charge in [-0.25, -0.2) is 4.79 Å². The number of ether oxygens (including phenoxy) is 1. The summed E-state index contributed by atoms with van der Waals surface area (Å²) in [7, 11) is 0. The van der Waals surface area contributed by atoms with E-state index in [-0.39, 0.29) is 0 Å². The molecule has 0 aliphatic heterocycles. The molecule has 1 saturated carbocycles. The fourth-order valence-corrected chi connectivity index (χ4v) is 4.64. The van der Waals surface area contributed by atoms with E-state index in [4.69, 9.17) is 9.84 Å². The van der Waals surface area contributed by atoms with E-state index in [1.54, 1.807) is 6.08 Å². The van der Waals surface area contributed by atoms with E-state index in [2.05, 4.69) is 31.2 Å². The van der Waals surface area contributed by atoms with E-state index in [1.807, 2.05) is 24.3 Å². The van der Waals surface area contributed by atoms with E-state index in [0.29, 0.717) is 5.92 Å². The van der Waals surface area contributed by atoms with Crippen LogP contribution in [-0.4, -0.2) is 17.7 Å². The van der Waals surface area contributed by atoms with Crippen LogP contribution in [0.1, 0.15) is 76.7 Å². The summed E-state index contributed by atoms with van der Waals surface area (Å²) in [5.41, 5.74) is 3.12. The van der Waals surface area contributed by atoms with E-state index >= 15 is 0 Å². The van der Waals surface area contributed by atoms with Crippen molar-refractivity contribution in [3.63, 3.8) is 0 Å². The number of aliphatic carboxylic acids is 1. The Morgan fingerprint density at radius 2 is 1.47 bits per heavy atom. The van der Waals surface area contributed by atoms with Gasteiger partial charge in [-0.05, 0) is 59.6 Å². The van der Waals surface area contributed by atoms with Gasteiger partial charge in [0.05, 0.1) is 6.61 Å². The lowest BCUT2D eigenvalue weighted by Gasteiger charge is -2.28. The molecule has 32 heavy (non-hydrogen) atoms. The predicted octanol–water partition coefficient (Wildman–Crippen LogP) is 8.00. The van der Waals surface area contributed by atoms with Crippen molar-refractivity contribution in [1.29, 1.82) is 0 Å². The minimum absolute atomic E-state index is 0.692. The lowest BCUT2D eigenvalue weighted by atomic mass is 9.80. The van der Waals surface area contributed by atoms with Gasteiger partial charge in [-0.2, -0.15) is 0 Å². The van der Waals surface area contributed by atoms with Gasteiger partial charge in [-0.1, -0.05) is 94.7 Å². The van der Waals surface area contributed by atoms with Gasteiger partial charge in [0.15, 0.2) is 0 Å². The third-order valence-electron chi connectivity index (χ3n) is 6.68. The Bertz CT molecular complexity index is 828. The minimum Gasteiger partial charge on any atom is -0.493 e. The number of carboxylic acid groups (broad SMARTS) is 1. The normalized spacial score (nSPS) is 18.7. The van der Waals surface area contributed by atoms with Crippen LogP contribution in [0.3, 0.4) is 0 Å². The molecule has 0 bridgehead atoms. The maximum absolute atomic E-state index is 10.6. The second kappa shape index (κ2) is 13.1. The maximum Gasteiger partial charge on any atom is 0.328 e. The first-order chi connectivity index (χ1) is 15.6. The first kappa shape index (κ1) is 24.1. The summed E-state index contributed by atoms with van der Waals surface area (Å²) in [5, 5.41) is 8.73. The summed E-state index contributed by atoms with van der Waals surface area (Å²) in [5.74, 6) is 1.64. The molecule has 1 aliphatic rings. The summed E-state index contributed by atoms with van der Waals surface area (Å²) >= 11 is 0. The molecule has 172 valence electrons. The Labute approximate surface area is 193 Å². The van der Waals surface area contributed by atoms with Crippen molar-refractivity contribution < 1.29 is 14.6 Å². The summed E-state index contributed by atoms with van der Waals surface area (Å²) in [6.07, 6.45) is 16.5. The number of unbranched alkanes of at least 4 members (excludes halogenated alkanes) is 4. The van der Waals surface area contributed by atoms with Gasteiger partial charge in [0.1, 0.15) is 5.75 Å². The molecule has 0 aromatic heterocycles. The van der Waals surface area contributed by atoms with Gasteiger partial charge in [-0.3, -0.25) is 0 Å². The van der Waals surface area contributed by atoms with Crippen LogP contribution in [-0.2, 0) is 4.79 Å². The molecule has 0 unspecified atom stereocenters. The summed E-state index contributed by atoms with van der Waals surface area (Å²) in [4.78, 5) is 10.6. The van der Waals surface area contributed by atoms with Gasteiger partial charge in [0.2, 0.25) is 0 Å². The van der Waals surface area contributed by atoms with E-state index in [9.17, 15) is 4.79 Å². The van der Waals surface area contributed by atoms with Crippen LogP contribution in [0.5, 0.6) is 5.75 Å². The van der Waals surface area contributed by atoms with Crippen molar-refractivity contribution in [3.8, 4) is 16.9 Å². The number of hydrogen-bond donors (Lipinski definition) is 1. The van der Waals surface area contributed by atoms with Crippen molar-refractivity contribution in [2.45, 2.75) is 71.1 Å². The average molecular weight is 435 g/mol. The smallest absolute Gasteiger partial charge is 0.328 e. The standard InChI is InChI=1S/C29H38O3/c1-2-3-4-5-6-7-23-8-10-25(11-9-23)22-32-28-19-17-27(18-20-28)26-15-12-24(13-16-26)14-21-29(30)31/h12-21,23,25H,2-11,22H2,1H3,(H,30,31). The largest absolute Gasteiger partial charge is 0.493 e. The summed E-state index contributed by atoms with van der Waals surface area (Å²) < 4.78 is 6.11. The van der Waals surface area contributed by atoms with Crippen LogP contribution in [0.15, 0.2) is 54.6 Å². The second-order valence-electron chi connectivity index (χ2n) is 9.22. The van der Waals surface area contributed by atoms with Crippen molar-refractivity contribution in [3.05, 3.63) is 60.2 Å². The molecule has 0 saturated heterocycles. The van der Waals surface area contributed by atoms with Gasteiger partial charge in [0.25, 0.3) is 0 Å². The quantitative estimate of drug-likeness (QED) is 0.272. The molecule has 1 fully saturated rings. The highest BCUT2D eigenvalue weighted by Crippen LogP contribution is 2.33. The number of carboxylic acids is 1. The molecule has 2 aromatic carbocycles. The zero-order valence-corrected chi connectivity index (χ0v) is 19.5. The number of carbonyl (C=O) groups is 1. The molecule has 0 spiro atoms. The van der Waals surface area contributed by atoms with Crippen LogP contribution in [0.4, 0.5) is 0 Å². The molecule has 3 heteroatoms. The Balaban J connectivity index is 1.39. The van der Waals surface area contributed by atoms with Crippen LogP contribution in [0.2, 0.25) is 0 Å². The molecule has 1 N–H and O–H groups in total. The van der Waals surface area contributed by atoms with Crippen LogP contribution < -0.4 is 4.74 Å². The van der Waals surface area contributed by atoms with Crippen LogP contribution >= 0.6 is 0 Å². The highest BCUT2D eigenvalue weighted by atomic mass is 16.5. The van der Waals surface area contributed by atoms with Gasteiger partial charge >= 0.3 is 5.97 Å². The van der Waals surface area contributed by atoms with E-state index in [1.165, 1.54) is 64.2 Å². The van der Waals surface area contributed by atoms with Crippen molar-refractivity contribution in [2.75, 3.05) is 6.61 Å². The molecule has 0 amide bonds. The molecular formula is C29H38O3. The number of benzene rings is 2. The van der Waals surface area contributed by atoms with Gasteiger partial charge in [-0.15, -0.1) is 0 Å². The topological polar surface area (TPSA) is 46.5 Å².